The van der Waals surface area contributed by atoms with Gasteiger partial charge in [-0.05, 0) is 12.3 Å². The van der Waals surface area contributed by atoms with Gasteiger partial charge >= 0.3 is 0 Å². The van der Waals surface area contributed by atoms with Crippen LogP contribution < -0.4 is 5.32 Å². The molecule has 0 aromatic rings. The third-order valence-electron chi connectivity index (χ3n) is 2.45. The van der Waals surface area contributed by atoms with E-state index in [4.69, 9.17) is 0 Å². The summed E-state index contributed by atoms with van der Waals surface area (Å²) in [5, 5.41) is 2.77. The van der Waals surface area contributed by atoms with Crippen molar-refractivity contribution in [2.24, 2.45) is 5.41 Å². The van der Waals surface area contributed by atoms with Gasteiger partial charge in [-0.2, -0.15) is 0 Å². The lowest BCUT2D eigenvalue weighted by Gasteiger charge is -2.28. The topological polar surface area (TPSA) is 49.4 Å². The fourth-order valence-electron chi connectivity index (χ4n) is 1.57. The normalized spacial score (nSPS) is 15.6. The average Bonchev–Trinajstić information content (AvgIpc) is 2.10. The Balaban J connectivity index is 4.55. The molecule has 104 valence electrons. The molecule has 0 fully saturated rings. The quantitative estimate of drug-likeness (QED) is 0.794. The van der Waals surface area contributed by atoms with Crippen molar-refractivity contribution in [3.05, 3.63) is 0 Å². The third-order valence-corrected chi connectivity index (χ3v) is 4.64. The Morgan fingerprint density at radius 3 is 2.00 bits per heavy atom. The molecule has 0 spiro atoms. The average molecular weight is 264 g/mol. The molecule has 0 heterocycles. The molecule has 0 aliphatic heterocycles. The Morgan fingerprint density at radius 2 is 1.65 bits per heavy atom. The fraction of sp³-hybridized carbons (Fsp3) is 1.00. The highest BCUT2D eigenvalue weighted by Crippen LogP contribution is 2.18. The summed E-state index contributed by atoms with van der Waals surface area (Å²) in [5.74, 6) is 0. The highest BCUT2D eigenvalue weighted by Gasteiger charge is 2.28. The molecule has 0 rings (SSSR count). The molecule has 0 amide bonds. The number of sulfonamides is 1. The van der Waals surface area contributed by atoms with Gasteiger partial charge in [0, 0.05) is 26.2 Å². The van der Waals surface area contributed by atoms with E-state index in [9.17, 15) is 8.42 Å². The number of nitrogens with zero attached hydrogens (tertiary/aromatic N) is 1. The van der Waals surface area contributed by atoms with Crippen LogP contribution in [0, 0.1) is 5.41 Å². The van der Waals surface area contributed by atoms with Crippen LogP contribution >= 0.6 is 0 Å². The molecule has 17 heavy (non-hydrogen) atoms. The van der Waals surface area contributed by atoms with Crippen molar-refractivity contribution in [2.75, 3.05) is 20.1 Å². The maximum Gasteiger partial charge on any atom is 0.217 e. The summed E-state index contributed by atoms with van der Waals surface area (Å²) in [6, 6.07) is 0.306. The Kier molecular flexibility index (Phi) is 6.11. The zero-order valence-corrected chi connectivity index (χ0v) is 13.1. The van der Waals surface area contributed by atoms with E-state index in [0.717, 1.165) is 0 Å². The first-order valence-electron chi connectivity index (χ1n) is 6.15. The lowest BCUT2D eigenvalue weighted by atomic mass is 9.97. The van der Waals surface area contributed by atoms with Gasteiger partial charge in [-0.25, -0.2) is 12.7 Å². The molecule has 0 bridgehead atoms. The van der Waals surface area contributed by atoms with Crippen molar-refractivity contribution in [1.29, 1.82) is 0 Å². The van der Waals surface area contributed by atoms with Crippen molar-refractivity contribution in [3.63, 3.8) is 0 Å². The van der Waals surface area contributed by atoms with Crippen LogP contribution in [-0.2, 0) is 10.0 Å². The van der Waals surface area contributed by atoms with Crippen LogP contribution in [0.4, 0.5) is 0 Å². The van der Waals surface area contributed by atoms with Gasteiger partial charge in [0.15, 0.2) is 0 Å². The first-order valence-corrected chi connectivity index (χ1v) is 7.65. The molecular weight excluding hydrogens is 236 g/mol. The standard InChI is InChI=1S/C12H28N2O2S/c1-10(2)13-8-11(3)17(15,16)14(7)9-12(4,5)6/h10-11,13H,8-9H2,1-7H3. The molecule has 4 nitrogen and oxygen atoms in total. The van der Waals surface area contributed by atoms with Crippen LogP contribution in [0.15, 0.2) is 0 Å². The first kappa shape index (κ1) is 16.9. The number of hydrogen-bond donors (Lipinski definition) is 1. The smallest absolute Gasteiger partial charge is 0.217 e. The maximum absolute atomic E-state index is 12.2. The van der Waals surface area contributed by atoms with E-state index >= 15 is 0 Å². The second-order valence-corrected chi connectivity index (χ2v) is 8.69. The van der Waals surface area contributed by atoms with Crippen molar-refractivity contribution in [1.82, 2.24) is 9.62 Å². The molecular formula is C12H28N2O2S. The van der Waals surface area contributed by atoms with Crippen LogP contribution in [0.1, 0.15) is 41.5 Å². The van der Waals surface area contributed by atoms with E-state index in [1.54, 1.807) is 14.0 Å². The minimum atomic E-state index is -3.20. The second-order valence-electron chi connectivity index (χ2n) is 6.24. The molecule has 1 N–H and O–H groups in total. The predicted octanol–water partition coefficient (Wildman–Crippen LogP) is 1.68. The van der Waals surface area contributed by atoms with Gasteiger partial charge in [0.05, 0.1) is 5.25 Å². The van der Waals surface area contributed by atoms with Crippen molar-refractivity contribution in [2.45, 2.75) is 52.8 Å². The van der Waals surface area contributed by atoms with Crippen LogP contribution in [0.25, 0.3) is 0 Å². The lowest BCUT2D eigenvalue weighted by molar-refractivity contribution is 0.308. The monoisotopic (exact) mass is 264 g/mol. The zero-order valence-electron chi connectivity index (χ0n) is 12.2. The van der Waals surface area contributed by atoms with Gasteiger partial charge in [-0.1, -0.05) is 34.6 Å². The minimum absolute atomic E-state index is 0.0208. The minimum Gasteiger partial charge on any atom is -0.313 e. The second kappa shape index (κ2) is 6.16. The fourth-order valence-corrected chi connectivity index (χ4v) is 3.06. The molecule has 0 saturated heterocycles. The van der Waals surface area contributed by atoms with Gasteiger partial charge in [0.1, 0.15) is 0 Å². The number of rotatable bonds is 6. The van der Waals surface area contributed by atoms with Gasteiger partial charge < -0.3 is 5.32 Å². The maximum atomic E-state index is 12.2. The summed E-state index contributed by atoms with van der Waals surface area (Å²) in [6.45, 7) is 12.9. The Morgan fingerprint density at radius 1 is 1.18 bits per heavy atom. The van der Waals surface area contributed by atoms with Gasteiger partial charge in [0.25, 0.3) is 0 Å². The Bertz CT molecular complexity index is 318. The Hall–Kier alpha value is -0.130. The molecule has 0 aromatic heterocycles. The summed E-state index contributed by atoms with van der Waals surface area (Å²) < 4.78 is 25.9. The molecule has 0 aliphatic rings. The summed E-state index contributed by atoms with van der Waals surface area (Å²) >= 11 is 0. The third kappa shape index (κ3) is 6.38. The van der Waals surface area contributed by atoms with E-state index in [2.05, 4.69) is 5.32 Å². The molecule has 0 radical (unpaired) electrons. The zero-order chi connectivity index (χ0) is 13.9. The summed E-state index contributed by atoms with van der Waals surface area (Å²) in [5.41, 5.74) is -0.0208. The molecule has 0 aliphatic carbocycles. The van der Waals surface area contributed by atoms with Crippen LogP contribution in [0.2, 0.25) is 0 Å². The largest absolute Gasteiger partial charge is 0.313 e. The summed E-state index contributed by atoms with van der Waals surface area (Å²) in [4.78, 5) is 0. The van der Waals surface area contributed by atoms with Crippen LogP contribution in [0.3, 0.4) is 0 Å². The van der Waals surface area contributed by atoms with Gasteiger partial charge in [-0.3, -0.25) is 0 Å². The first-order chi connectivity index (χ1) is 7.47. The van der Waals surface area contributed by atoms with Crippen molar-refractivity contribution >= 4 is 10.0 Å². The predicted molar refractivity (Wildman–Crippen MR) is 73.6 cm³/mol. The highest BCUT2D eigenvalue weighted by molar-refractivity contribution is 7.89. The van der Waals surface area contributed by atoms with Gasteiger partial charge in [0.2, 0.25) is 10.0 Å². The highest BCUT2D eigenvalue weighted by atomic mass is 32.2. The SMILES string of the molecule is CC(C)NCC(C)S(=O)(=O)N(C)CC(C)(C)C. The summed E-state index contributed by atoms with van der Waals surface area (Å²) in [6.07, 6.45) is 0. The molecule has 5 heteroatoms. The molecule has 0 aromatic carbocycles. The van der Waals surface area contributed by atoms with E-state index in [-0.39, 0.29) is 5.41 Å². The van der Waals surface area contributed by atoms with E-state index in [1.807, 2.05) is 34.6 Å². The van der Waals surface area contributed by atoms with Crippen molar-refractivity contribution in [3.8, 4) is 0 Å². The molecule has 1 unspecified atom stereocenters. The van der Waals surface area contributed by atoms with Crippen molar-refractivity contribution < 1.29 is 8.42 Å². The number of hydrogen-bond acceptors (Lipinski definition) is 3. The summed E-state index contributed by atoms with van der Waals surface area (Å²) in [7, 11) is -1.54. The van der Waals surface area contributed by atoms with E-state index in [1.165, 1.54) is 4.31 Å². The van der Waals surface area contributed by atoms with Crippen LogP contribution in [0.5, 0.6) is 0 Å². The lowest BCUT2D eigenvalue weighted by Crippen LogP contribution is -2.44. The molecule has 0 saturated carbocycles. The van der Waals surface area contributed by atoms with E-state index < -0.39 is 15.3 Å². The number of nitrogens with one attached hydrogen (secondary N) is 1. The molecule has 1 atom stereocenters. The van der Waals surface area contributed by atoms with Gasteiger partial charge in [-0.15, -0.1) is 0 Å². The Labute approximate surface area is 107 Å². The van der Waals surface area contributed by atoms with Crippen LogP contribution in [-0.4, -0.2) is 44.2 Å². The van der Waals surface area contributed by atoms with E-state index in [0.29, 0.717) is 19.1 Å².